The number of hydrogen-bond donors (Lipinski definition) is 2. The fourth-order valence-electron chi connectivity index (χ4n) is 3.46. The summed E-state index contributed by atoms with van der Waals surface area (Å²) in [6.07, 6.45) is -6.01. The van der Waals surface area contributed by atoms with E-state index in [1.54, 1.807) is 0 Å². The van der Waals surface area contributed by atoms with E-state index < -0.39 is 41.5 Å². The molecule has 1 aliphatic rings. The molecule has 0 spiro atoms. The normalized spacial score (nSPS) is 19.1. The molecule has 2 N–H and O–H groups in total. The molecule has 0 unspecified atom stereocenters. The van der Waals surface area contributed by atoms with Crippen LogP contribution in [0.5, 0.6) is 0 Å². The molecule has 1 saturated carbocycles. The lowest BCUT2D eigenvalue weighted by Crippen LogP contribution is -2.22. The summed E-state index contributed by atoms with van der Waals surface area (Å²) in [5.74, 6) is -0.991. The number of hydrogen-bond acceptors (Lipinski definition) is 5. The van der Waals surface area contributed by atoms with Crippen molar-refractivity contribution in [2.75, 3.05) is 5.32 Å². The van der Waals surface area contributed by atoms with Crippen LogP contribution >= 0.6 is 0 Å². The van der Waals surface area contributed by atoms with Crippen LogP contribution in [0.25, 0.3) is 22.0 Å². The van der Waals surface area contributed by atoms with Crippen LogP contribution in [0, 0.1) is 12.8 Å². The van der Waals surface area contributed by atoms with Gasteiger partial charge in [-0.15, -0.1) is 0 Å². The SMILES string of the molecule is Cc1cc([C@@H](O)C(F)(F)F)ncc1-c1cc2cnc(NC(=O)[C@H]3C[C@H]3F)cc2n(C)c1=O. The number of fused-ring (bicyclic) bond motifs is 1. The number of alkyl halides is 4. The minimum atomic E-state index is -4.86. The second kappa shape index (κ2) is 7.66. The van der Waals surface area contributed by atoms with Gasteiger partial charge in [0.05, 0.1) is 17.1 Å². The molecule has 0 radical (unpaired) electrons. The number of halogens is 4. The second-order valence-corrected chi connectivity index (χ2v) is 7.77. The van der Waals surface area contributed by atoms with Crippen molar-refractivity contribution >= 4 is 22.6 Å². The largest absolute Gasteiger partial charge is 0.420 e. The van der Waals surface area contributed by atoms with E-state index in [1.807, 2.05) is 0 Å². The zero-order valence-electron chi connectivity index (χ0n) is 16.9. The number of nitrogens with zero attached hydrogens (tertiary/aromatic N) is 3. The van der Waals surface area contributed by atoms with E-state index in [0.717, 1.165) is 12.3 Å². The topological polar surface area (TPSA) is 97.1 Å². The van der Waals surface area contributed by atoms with Crippen LogP contribution in [0.3, 0.4) is 0 Å². The van der Waals surface area contributed by atoms with Crippen LogP contribution in [-0.2, 0) is 11.8 Å². The molecule has 0 aromatic carbocycles. The Morgan fingerprint density at radius 2 is 1.91 bits per heavy atom. The lowest BCUT2D eigenvalue weighted by molar-refractivity contribution is -0.207. The summed E-state index contributed by atoms with van der Waals surface area (Å²) < 4.78 is 52.7. The van der Waals surface area contributed by atoms with Gasteiger partial charge in [0.15, 0.2) is 6.10 Å². The van der Waals surface area contributed by atoms with Crippen LogP contribution in [0.1, 0.15) is 23.8 Å². The molecule has 3 aromatic rings. The summed E-state index contributed by atoms with van der Waals surface area (Å²) in [5.41, 5.74) is 0.273. The molecule has 1 fully saturated rings. The van der Waals surface area contributed by atoms with Crippen molar-refractivity contribution in [1.82, 2.24) is 14.5 Å². The van der Waals surface area contributed by atoms with Crippen molar-refractivity contribution in [2.24, 2.45) is 13.0 Å². The van der Waals surface area contributed by atoms with E-state index in [9.17, 15) is 32.3 Å². The first-order valence-corrected chi connectivity index (χ1v) is 9.63. The Balaban J connectivity index is 1.71. The van der Waals surface area contributed by atoms with Crippen molar-refractivity contribution in [1.29, 1.82) is 0 Å². The maximum absolute atomic E-state index is 13.1. The molecule has 32 heavy (non-hydrogen) atoms. The zero-order valence-corrected chi connectivity index (χ0v) is 16.9. The Labute approximate surface area is 178 Å². The lowest BCUT2D eigenvalue weighted by Gasteiger charge is -2.16. The molecule has 1 amide bonds. The smallest absolute Gasteiger partial charge is 0.378 e. The predicted octanol–water partition coefficient (Wildman–Crippen LogP) is 3.20. The molecular formula is C21H18F4N4O3. The molecule has 7 nitrogen and oxygen atoms in total. The van der Waals surface area contributed by atoms with E-state index in [0.29, 0.717) is 22.0 Å². The number of aliphatic hydroxyl groups is 1. The van der Waals surface area contributed by atoms with Crippen molar-refractivity contribution in [3.63, 3.8) is 0 Å². The number of carbonyl (C=O) groups excluding carboxylic acids is 1. The quantitative estimate of drug-likeness (QED) is 0.595. The molecular weight excluding hydrogens is 432 g/mol. The third-order valence-corrected chi connectivity index (χ3v) is 5.42. The van der Waals surface area contributed by atoms with Gasteiger partial charge in [-0.05, 0) is 31.0 Å². The minimum Gasteiger partial charge on any atom is -0.378 e. The average molecular weight is 450 g/mol. The van der Waals surface area contributed by atoms with Gasteiger partial charge >= 0.3 is 6.18 Å². The van der Waals surface area contributed by atoms with Gasteiger partial charge in [-0.1, -0.05) is 0 Å². The van der Waals surface area contributed by atoms with Crippen LogP contribution in [0.2, 0.25) is 0 Å². The lowest BCUT2D eigenvalue weighted by atomic mass is 10.0. The van der Waals surface area contributed by atoms with Crippen molar-refractivity contribution < 1.29 is 27.5 Å². The van der Waals surface area contributed by atoms with Gasteiger partial charge in [-0.2, -0.15) is 13.2 Å². The number of anilines is 1. The number of pyridine rings is 3. The number of aliphatic hydroxyl groups excluding tert-OH is 1. The van der Waals surface area contributed by atoms with E-state index in [2.05, 4.69) is 15.3 Å². The first-order valence-electron chi connectivity index (χ1n) is 9.63. The molecule has 0 aliphatic heterocycles. The van der Waals surface area contributed by atoms with Gasteiger partial charge in [0.25, 0.3) is 5.56 Å². The number of aromatic nitrogens is 3. The molecule has 168 valence electrons. The highest BCUT2D eigenvalue weighted by molar-refractivity contribution is 5.95. The van der Waals surface area contributed by atoms with Gasteiger partial charge < -0.3 is 15.0 Å². The van der Waals surface area contributed by atoms with E-state index in [4.69, 9.17) is 0 Å². The molecule has 4 rings (SSSR count). The third-order valence-electron chi connectivity index (χ3n) is 5.42. The standard InChI is InChI=1S/C21H18F4N4O3/c1-9-3-15(18(30)21(23,24)25)26-8-13(9)11-4-10-7-27-17(6-16(10)29(2)20(11)32)28-19(31)12-5-14(12)22/h3-4,6-8,12,14,18,30H,5H2,1-2H3,(H,27,28,31)/t12-,14+,18+/m0/s1. The van der Waals surface area contributed by atoms with E-state index >= 15 is 0 Å². The summed E-state index contributed by atoms with van der Waals surface area (Å²) in [7, 11) is 1.50. The number of nitrogens with one attached hydrogen (secondary N) is 1. The zero-order chi connectivity index (χ0) is 23.4. The number of carbonyl (C=O) groups is 1. The summed E-state index contributed by atoms with van der Waals surface area (Å²) >= 11 is 0. The second-order valence-electron chi connectivity index (χ2n) is 7.77. The summed E-state index contributed by atoms with van der Waals surface area (Å²) in [6, 6.07) is 4.10. The number of amides is 1. The number of aryl methyl sites for hydroxylation is 2. The fraction of sp³-hybridized carbons (Fsp3) is 0.333. The molecule has 3 aromatic heterocycles. The highest BCUT2D eigenvalue weighted by Crippen LogP contribution is 2.35. The highest BCUT2D eigenvalue weighted by atomic mass is 19.4. The van der Waals surface area contributed by atoms with Crippen molar-refractivity contribution in [3.8, 4) is 11.1 Å². The summed E-state index contributed by atoms with van der Waals surface area (Å²) in [5, 5.41) is 12.5. The van der Waals surface area contributed by atoms with Gasteiger partial charge in [0.2, 0.25) is 5.91 Å². The monoisotopic (exact) mass is 450 g/mol. The Bertz CT molecular complexity index is 1290. The van der Waals surface area contributed by atoms with E-state index in [-0.39, 0.29) is 17.8 Å². The Kier molecular flexibility index (Phi) is 5.24. The highest BCUT2D eigenvalue weighted by Gasteiger charge is 2.43. The summed E-state index contributed by atoms with van der Waals surface area (Å²) in [4.78, 5) is 32.7. The maximum Gasteiger partial charge on any atom is 0.420 e. The third kappa shape index (κ3) is 3.95. The molecule has 0 saturated heterocycles. The van der Waals surface area contributed by atoms with Crippen LogP contribution < -0.4 is 10.9 Å². The number of rotatable bonds is 4. The average Bonchev–Trinajstić information content (AvgIpc) is 3.47. The van der Waals surface area contributed by atoms with Crippen molar-refractivity contribution in [2.45, 2.75) is 31.8 Å². The van der Waals surface area contributed by atoms with Gasteiger partial charge in [0, 0.05) is 42.0 Å². The van der Waals surface area contributed by atoms with Gasteiger partial charge in [0.1, 0.15) is 12.0 Å². The first-order chi connectivity index (χ1) is 15.0. The van der Waals surface area contributed by atoms with Crippen LogP contribution in [0.15, 0.2) is 35.4 Å². The summed E-state index contributed by atoms with van der Waals surface area (Å²) in [6.45, 7) is 1.51. The van der Waals surface area contributed by atoms with Crippen molar-refractivity contribution in [3.05, 3.63) is 52.2 Å². The van der Waals surface area contributed by atoms with Gasteiger partial charge in [-0.25, -0.2) is 9.37 Å². The molecule has 3 atom stereocenters. The van der Waals surface area contributed by atoms with Crippen LogP contribution in [-0.4, -0.2) is 37.9 Å². The van der Waals surface area contributed by atoms with Crippen LogP contribution in [0.4, 0.5) is 23.4 Å². The Morgan fingerprint density at radius 1 is 1.22 bits per heavy atom. The fourth-order valence-corrected chi connectivity index (χ4v) is 3.46. The van der Waals surface area contributed by atoms with E-state index in [1.165, 1.54) is 36.9 Å². The molecule has 11 heteroatoms. The first kappa shape index (κ1) is 21.9. The van der Waals surface area contributed by atoms with Gasteiger partial charge in [-0.3, -0.25) is 14.6 Å². The molecule has 3 heterocycles. The Morgan fingerprint density at radius 3 is 2.50 bits per heavy atom. The molecule has 0 bridgehead atoms. The minimum absolute atomic E-state index is 0.174. The maximum atomic E-state index is 13.1. The Hall–Kier alpha value is -3.34. The molecule has 1 aliphatic carbocycles. The predicted molar refractivity (Wildman–Crippen MR) is 108 cm³/mol.